The van der Waals surface area contributed by atoms with Crippen molar-refractivity contribution in [3.05, 3.63) is 41.4 Å². The van der Waals surface area contributed by atoms with E-state index in [0.29, 0.717) is 46.2 Å². The average molecular weight is 492 g/mol. The fourth-order valence-electron chi connectivity index (χ4n) is 3.24. The molecule has 1 fully saturated rings. The molecular weight excluding hydrogens is 466 g/mol. The van der Waals surface area contributed by atoms with E-state index >= 15 is 0 Å². The summed E-state index contributed by atoms with van der Waals surface area (Å²) in [6.07, 6.45) is -0.0175. The molecule has 10 heteroatoms. The average Bonchev–Trinajstić information content (AvgIpc) is 3.09. The predicted octanol–water partition coefficient (Wildman–Crippen LogP) is 4.74. The molecule has 2 aromatic carbocycles. The summed E-state index contributed by atoms with van der Waals surface area (Å²) in [4.78, 5) is 31.8. The molecule has 2 amide bonds. The maximum Gasteiger partial charge on any atom is 0.242 e. The Bertz CT molecular complexity index is 1050. The van der Waals surface area contributed by atoms with Crippen molar-refractivity contribution in [2.75, 3.05) is 32.7 Å². The van der Waals surface area contributed by atoms with Crippen LogP contribution in [-0.2, 0) is 9.59 Å². The van der Waals surface area contributed by atoms with E-state index in [-0.39, 0.29) is 18.2 Å². The summed E-state index contributed by atoms with van der Waals surface area (Å²) in [5, 5.41) is 3.14. The fourth-order valence-corrected chi connectivity index (χ4v) is 4.69. The van der Waals surface area contributed by atoms with Crippen molar-refractivity contribution in [2.45, 2.75) is 25.5 Å². The van der Waals surface area contributed by atoms with Crippen LogP contribution in [-0.4, -0.2) is 54.5 Å². The number of ether oxygens (including phenoxy) is 3. The number of hydrogen-bond donors (Lipinski definition) is 1. The zero-order valence-electron chi connectivity index (χ0n) is 18.9. The second-order valence-electron chi connectivity index (χ2n) is 6.95. The first-order chi connectivity index (χ1) is 15.9. The van der Waals surface area contributed by atoms with Crippen LogP contribution < -0.4 is 19.5 Å². The number of anilines is 1. The third-order valence-electron chi connectivity index (χ3n) is 4.83. The van der Waals surface area contributed by atoms with E-state index in [1.807, 2.05) is 38.1 Å². The number of carbonyl (C=O) groups excluding carboxylic acids is 2. The second kappa shape index (κ2) is 11.3. The predicted molar refractivity (Wildman–Crippen MR) is 131 cm³/mol. The third-order valence-corrected chi connectivity index (χ3v) is 6.30. The van der Waals surface area contributed by atoms with Gasteiger partial charge < -0.3 is 19.5 Å². The van der Waals surface area contributed by atoms with Crippen LogP contribution >= 0.6 is 23.4 Å². The number of halogens is 1. The first-order valence-corrected chi connectivity index (χ1v) is 11.7. The number of nitrogens with zero attached hydrogens (tertiary/aromatic N) is 2. The Morgan fingerprint density at radius 2 is 1.85 bits per heavy atom. The fraction of sp³-hybridized carbons (Fsp3) is 0.348. The molecule has 1 atom stereocenters. The van der Waals surface area contributed by atoms with E-state index in [0.717, 1.165) is 5.75 Å². The van der Waals surface area contributed by atoms with Crippen molar-refractivity contribution in [2.24, 2.45) is 4.99 Å². The van der Waals surface area contributed by atoms with Crippen molar-refractivity contribution < 1.29 is 23.8 Å². The van der Waals surface area contributed by atoms with Crippen LogP contribution in [0.15, 0.2) is 41.4 Å². The third kappa shape index (κ3) is 5.91. The quantitative estimate of drug-likeness (QED) is 0.545. The zero-order valence-corrected chi connectivity index (χ0v) is 20.5. The Morgan fingerprint density at radius 1 is 1.15 bits per heavy atom. The molecule has 176 valence electrons. The standard InChI is InChI=1S/C23H26ClN3O5S/c1-5-27-22(29)20(33-23(27)25-14-7-9-15(10-8-14)32-6-2)13-21(28)26-17-12-18(30-3)16(24)11-19(17)31-4/h7-12,20H,5-6,13H2,1-4H3,(H,26,28)/t20-/m1/s1. The van der Waals surface area contributed by atoms with Crippen molar-refractivity contribution in [1.29, 1.82) is 0 Å². The number of methoxy groups -OCH3 is 2. The lowest BCUT2D eigenvalue weighted by molar-refractivity contribution is -0.128. The lowest BCUT2D eigenvalue weighted by atomic mass is 10.2. The molecule has 0 bridgehead atoms. The van der Waals surface area contributed by atoms with Gasteiger partial charge >= 0.3 is 0 Å². The number of benzene rings is 2. The van der Waals surface area contributed by atoms with Gasteiger partial charge in [-0.25, -0.2) is 4.99 Å². The minimum Gasteiger partial charge on any atom is -0.495 e. The highest BCUT2D eigenvalue weighted by atomic mass is 35.5. The first kappa shape index (κ1) is 24.7. The number of nitrogens with one attached hydrogen (secondary N) is 1. The van der Waals surface area contributed by atoms with Gasteiger partial charge in [-0.1, -0.05) is 23.4 Å². The smallest absolute Gasteiger partial charge is 0.242 e. The molecular formula is C23H26ClN3O5S. The molecule has 0 unspecified atom stereocenters. The molecule has 1 aliphatic heterocycles. The molecule has 0 radical (unpaired) electrons. The Hall–Kier alpha value is -2.91. The Kier molecular flexibility index (Phi) is 8.46. The van der Waals surface area contributed by atoms with Crippen molar-refractivity contribution in [3.63, 3.8) is 0 Å². The Morgan fingerprint density at radius 3 is 2.45 bits per heavy atom. The van der Waals surface area contributed by atoms with E-state index in [2.05, 4.69) is 10.3 Å². The van der Waals surface area contributed by atoms with Crippen molar-refractivity contribution >= 4 is 51.7 Å². The van der Waals surface area contributed by atoms with Gasteiger partial charge in [0.1, 0.15) is 22.5 Å². The second-order valence-corrected chi connectivity index (χ2v) is 8.53. The number of hydrogen-bond acceptors (Lipinski definition) is 7. The highest BCUT2D eigenvalue weighted by Crippen LogP contribution is 2.37. The van der Waals surface area contributed by atoms with Gasteiger partial charge in [0.25, 0.3) is 0 Å². The largest absolute Gasteiger partial charge is 0.495 e. The molecule has 1 saturated heterocycles. The topological polar surface area (TPSA) is 89.5 Å². The van der Waals surface area contributed by atoms with E-state index in [1.54, 1.807) is 17.0 Å². The van der Waals surface area contributed by atoms with Gasteiger partial charge in [-0.15, -0.1) is 0 Å². The van der Waals surface area contributed by atoms with Crippen LogP contribution in [0.2, 0.25) is 5.02 Å². The molecule has 33 heavy (non-hydrogen) atoms. The normalized spacial score (nSPS) is 16.8. The minimum atomic E-state index is -0.577. The summed E-state index contributed by atoms with van der Waals surface area (Å²) in [5.41, 5.74) is 1.12. The maximum atomic E-state index is 12.9. The van der Waals surface area contributed by atoms with Crippen LogP contribution in [0, 0.1) is 0 Å². The molecule has 0 aromatic heterocycles. The lowest BCUT2D eigenvalue weighted by Crippen LogP contribution is -2.33. The molecule has 2 aromatic rings. The molecule has 1 N–H and O–H groups in total. The number of amidine groups is 1. The van der Waals surface area contributed by atoms with Gasteiger partial charge in [0.05, 0.1) is 37.2 Å². The van der Waals surface area contributed by atoms with Crippen LogP contribution in [0.5, 0.6) is 17.2 Å². The molecule has 1 aliphatic rings. The van der Waals surface area contributed by atoms with Crippen LogP contribution in [0.25, 0.3) is 0 Å². The van der Waals surface area contributed by atoms with Crippen LogP contribution in [0.4, 0.5) is 11.4 Å². The number of aliphatic imine (C=N–C) groups is 1. The highest BCUT2D eigenvalue weighted by molar-refractivity contribution is 8.15. The van der Waals surface area contributed by atoms with Gasteiger partial charge in [-0.3, -0.25) is 14.5 Å². The van der Waals surface area contributed by atoms with Gasteiger partial charge in [-0.05, 0) is 38.1 Å². The van der Waals surface area contributed by atoms with Crippen molar-refractivity contribution in [1.82, 2.24) is 4.90 Å². The Labute approximate surface area is 202 Å². The molecule has 0 spiro atoms. The molecule has 8 nitrogen and oxygen atoms in total. The maximum absolute atomic E-state index is 12.9. The summed E-state index contributed by atoms with van der Waals surface area (Å²) in [6, 6.07) is 10.5. The minimum absolute atomic E-state index is 0.0175. The summed E-state index contributed by atoms with van der Waals surface area (Å²) >= 11 is 7.40. The number of thioether (sulfide) groups is 1. The van der Waals surface area contributed by atoms with Crippen molar-refractivity contribution in [3.8, 4) is 17.2 Å². The van der Waals surface area contributed by atoms with E-state index in [1.165, 1.54) is 26.0 Å². The summed E-state index contributed by atoms with van der Waals surface area (Å²) in [6.45, 7) is 4.84. The van der Waals surface area contributed by atoms with Crippen LogP contribution in [0.1, 0.15) is 20.3 Å². The van der Waals surface area contributed by atoms with Gasteiger partial charge in [0.2, 0.25) is 11.8 Å². The SMILES string of the molecule is CCOc1ccc(N=C2S[C@H](CC(=O)Nc3cc(OC)c(Cl)cc3OC)C(=O)N2CC)cc1. The highest BCUT2D eigenvalue weighted by Gasteiger charge is 2.38. The summed E-state index contributed by atoms with van der Waals surface area (Å²) < 4.78 is 16.0. The van der Waals surface area contributed by atoms with E-state index < -0.39 is 5.25 Å². The van der Waals surface area contributed by atoms with Gasteiger partial charge in [-0.2, -0.15) is 0 Å². The molecule has 0 aliphatic carbocycles. The molecule has 1 heterocycles. The number of rotatable bonds is 9. The Balaban J connectivity index is 1.72. The number of amides is 2. The van der Waals surface area contributed by atoms with Crippen LogP contribution in [0.3, 0.4) is 0 Å². The first-order valence-electron chi connectivity index (χ1n) is 10.4. The molecule has 0 saturated carbocycles. The monoisotopic (exact) mass is 491 g/mol. The zero-order chi connectivity index (χ0) is 24.0. The summed E-state index contributed by atoms with van der Waals surface area (Å²) in [7, 11) is 2.96. The number of carbonyl (C=O) groups is 2. The summed E-state index contributed by atoms with van der Waals surface area (Å²) in [5.74, 6) is 1.08. The molecule has 3 rings (SSSR count). The van der Waals surface area contributed by atoms with E-state index in [9.17, 15) is 9.59 Å². The lowest BCUT2D eigenvalue weighted by Gasteiger charge is -2.14. The van der Waals surface area contributed by atoms with E-state index in [4.69, 9.17) is 25.8 Å². The van der Waals surface area contributed by atoms with Gasteiger partial charge in [0, 0.05) is 25.1 Å². The van der Waals surface area contributed by atoms with Gasteiger partial charge in [0.15, 0.2) is 5.17 Å².